The van der Waals surface area contributed by atoms with Crippen molar-refractivity contribution in [2.75, 3.05) is 5.32 Å². The average molecular weight is 336 g/mol. The molecule has 2 atom stereocenters. The summed E-state index contributed by atoms with van der Waals surface area (Å²) in [6, 6.07) is 13.8. The summed E-state index contributed by atoms with van der Waals surface area (Å²) in [5.74, 6) is -0.542. The molecular weight excluding hydrogens is 312 g/mol. The molecule has 2 aromatic carbocycles. The first-order valence-corrected chi connectivity index (χ1v) is 8.66. The van der Waals surface area contributed by atoms with Gasteiger partial charge < -0.3 is 10.6 Å². The topological polar surface area (TPSA) is 58.2 Å². The Hall–Kier alpha value is -2.62. The molecule has 0 aromatic heterocycles. The van der Waals surface area contributed by atoms with Crippen LogP contribution >= 0.6 is 0 Å². The molecule has 1 saturated carbocycles. The van der Waals surface area contributed by atoms with Gasteiger partial charge in [0, 0.05) is 12.2 Å². The Morgan fingerprint density at radius 3 is 2.36 bits per heavy atom. The van der Waals surface area contributed by atoms with E-state index in [-0.39, 0.29) is 23.7 Å². The predicted molar refractivity (Wildman–Crippen MR) is 99.2 cm³/mol. The molecule has 1 fully saturated rings. The molecule has 2 unspecified atom stereocenters. The number of hydrogen-bond donors (Lipinski definition) is 2. The van der Waals surface area contributed by atoms with E-state index in [0.29, 0.717) is 13.0 Å². The quantitative estimate of drug-likeness (QED) is 0.878. The SMILES string of the molecule is Cc1ccccc1CNC(=O)C1CC1C(=O)Nc1cccc(C)c1C. The van der Waals surface area contributed by atoms with Gasteiger partial charge in [-0.05, 0) is 55.5 Å². The number of benzene rings is 2. The number of aryl methyl sites for hydroxylation is 2. The molecule has 2 N–H and O–H groups in total. The van der Waals surface area contributed by atoms with E-state index in [1.807, 2.05) is 63.2 Å². The molecule has 0 aliphatic heterocycles. The van der Waals surface area contributed by atoms with Crippen LogP contribution in [-0.2, 0) is 16.1 Å². The minimum Gasteiger partial charge on any atom is -0.352 e. The van der Waals surface area contributed by atoms with Gasteiger partial charge in [-0.1, -0.05) is 36.4 Å². The van der Waals surface area contributed by atoms with Crippen LogP contribution in [0.25, 0.3) is 0 Å². The summed E-state index contributed by atoms with van der Waals surface area (Å²) in [5, 5.41) is 5.91. The smallest absolute Gasteiger partial charge is 0.228 e. The second kappa shape index (κ2) is 7.09. The van der Waals surface area contributed by atoms with Crippen molar-refractivity contribution >= 4 is 17.5 Å². The molecule has 0 bridgehead atoms. The minimum absolute atomic E-state index is 0.0376. The number of carbonyl (C=O) groups is 2. The summed E-state index contributed by atoms with van der Waals surface area (Å²) in [6.07, 6.45) is 0.621. The van der Waals surface area contributed by atoms with Crippen molar-refractivity contribution in [3.63, 3.8) is 0 Å². The van der Waals surface area contributed by atoms with Crippen molar-refractivity contribution in [1.29, 1.82) is 0 Å². The molecule has 2 aromatic rings. The lowest BCUT2D eigenvalue weighted by molar-refractivity contribution is -0.125. The molecule has 0 spiro atoms. The van der Waals surface area contributed by atoms with Crippen LogP contribution in [-0.4, -0.2) is 11.8 Å². The van der Waals surface area contributed by atoms with Gasteiger partial charge in [-0.15, -0.1) is 0 Å². The molecule has 3 rings (SSSR count). The lowest BCUT2D eigenvalue weighted by Gasteiger charge is -2.10. The van der Waals surface area contributed by atoms with Crippen molar-refractivity contribution in [1.82, 2.24) is 5.32 Å². The standard InChI is InChI=1S/C21H24N2O2/c1-13-8-6-10-19(15(13)3)23-21(25)18-11-17(18)20(24)22-12-16-9-5-4-7-14(16)2/h4-10,17-18H,11-12H2,1-3H3,(H,22,24)(H,23,25). The first-order chi connectivity index (χ1) is 12.0. The normalized spacial score (nSPS) is 18.5. The zero-order valence-corrected chi connectivity index (χ0v) is 14.9. The third-order valence-electron chi connectivity index (χ3n) is 5.04. The number of carbonyl (C=O) groups excluding carboxylic acids is 2. The number of amides is 2. The third-order valence-corrected chi connectivity index (χ3v) is 5.04. The maximum absolute atomic E-state index is 12.4. The van der Waals surface area contributed by atoms with Crippen LogP contribution in [0.4, 0.5) is 5.69 Å². The van der Waals surface area contributed by atoms with E-state index in [4.69, 9.17) is 0 Å². The summed E-state index contributed by atoms with van der Waals surface area (Å²) in [5.41, 5.74) is 5.30. The fourth-order valence-electron chi connectivity index (χ4n) is 3.01. The Balaban J connectivity index is 1.53. The van der Waals surface area contributed by atoms with Gasteiger partial charge in [0.05, 0.1) is 11.8 Å². The molecule has 2 amide bonds. The van der Waals surface area contributed by atoms with E-state index in [1.165, 1.54) is 0 Å². The van der Waals surface area contributed by atoms with Crippen LogP contribution in [0, 0.1) is 32.6 Å². The second-order valence-corrected chi connectivity index (χ2v) is 6.83. The van der Waals surface area contributed by atoms with E-state index in [0.717, 1.165) is 27.9 Å². The van der Waals surface area contributed by atoms with Crippen molar-refractivity contribution in [2.45, 2.75) is 33.7 Å². The first-order valence-electron chi connectivity index (χ1n) is 8.66. The monoisotopic (exact) mass is 336 g/mol. The van der Waals surface area contributed by atoms with Gasteiger partial charge in [0.1, 0.15) is 0 Å². The predicted octanol–water partition coefficient (Wildman–Crippen LogP) is 3.50. The molecule has 0 radical (unpaired) electrons. The van der Waals surface area contributed by atoms with E-state index >= 15 is 0 Å². The van der Waals surface area contributed by atoms with Crippen LogP contribution < -0.4 is 10.6 Å². The Labute approximate surface area is 148 Å². The van der Waals surface area contributed by atoms with Crippen molar-refractivity contribution in [3.05, 3.63) is 64.7 Å². The van der Waals surface area contributed by atoms with Crippen LogP contribution in [0.15, 0.2) is 42.5 Å². The van der Waals surface area contributed by atoms with E-state index < -0.39 is 0 Å². The van der Waals surface area contributed by atoms with Crippen molar-refractivity contribution in [3.8, 4) is 0 Å². The van der Waals surface area contributed by atoms with Crippen LogP contribution in [0.2, 0.25) is 0 Å². The fourth-order valence-corrected chi connectivity index (χ4v) is 3.01. The van der Waals surface area contributed by atoms with Gasteiger partial charge in [0.15, 0.2) is 0 Å². The van der Waals surface area contributed by atoms with Gasteiger partial charge in [0.2, 0.25) is 11.8 Å². The molecule has 1 aliphatic rings. The van der Waals surface area contributed by atoms with Crippen molar-refractivity contribution < 1.29 is 9.59 Å². The highest BCUT2D eigenvalue weighted by molar-refractivity contribution is 6.00. The van der Waals surface area contributed by atoms with Gasteiger partial charge >= 0.3 is 0 Å². The molecule has 130 valence electrons. The molecule has 0 saturated heterocycles. The van der Waals surface area contributed by atoms with Gasteiger partial charge in [-0.2, -0.15) is 0 Å². The number of anilines is 1. The zero-order valence-electron chi connectivity index (χ0n) is 14.9. The van der Waals surface area contributed by atoms with E-state index in [9.17, 15) is 9.59 Å². The number of nitrogens with one attached hydrogen (secondary N) is 2. The lowest BCUT2D eigenvalue weighted by atomic mass is 10.1. The molecular formula is C21H24N2O2. The summed E-state index contributed by atoms with van der Waals surface area (Å²) >= 11 is 0. The van der Waals surface area contributed by atoms with Gasteiger partial charge in [0.25, 0.3) is 0 Å². The van der Waals surface area contributed by atoms with Crippen LogP contribution in [0.3, 0.4) is 0 Å². The fraction of sp³-hybridized carbons (Fsp3) is 0.333. The van der Waals surface area contributed by atoms with E-state index in [2.05, 4.69) is 10.6 Å². The second-order valence-electron chi connectivity index (χ2n) is 6.83. The summed E-state index contributed by atoms with van der Waals surface area (Å²) in [6.45, 7) is 6.54. The van der Waals surface area contributed by atoms with Crippen molar-refractivity contribution in [2.24, 2.45) is 11.8 Å². The Kier molecular flexibility index (Phi) is 4.88. The van der Waals surface area contributed by atoms with Crippen LogP contribution in [0.5, 0.6) is 0 Å². The molecule has 0 heterocycles. The molecule has 1 aliphatic carbocycles. The van der Waals surface area contributed by atoms with Crippen LogP contribution in [0.1, 0.15) is 28.7 Å². The minimum atomic E-state index is -0.225. The first kappa shape index (κ1) is 17.2. The largest absolute Gasteiger partial charge is 0.352 e. The number of hydrogen-bond acceptors (Lipinski definition) is 2. The lowest BCUT2D eigenvalue weighted by Crippen LogP contribution is -2.27. The highest BCUT2D eigenvalue weighted by Crippen LogP contribution is 2.39. The highest BCUT2D eigenvalue weighted by atomic mass is 16.2. The number of rotatable bonds is 5. The van der Waals surface area contributed by atoms with Gasteiger partial charge in [-0.25, -0.2) is 0 Å². The van der Waals surface area contributed by atoms with Gasteiger partial charge in [-0.3, -0.25) is 9.59 Å². The molecule has 25 heavy (non-hydrogen) atoms. The molecule has 4 nitrogen and oxygen atoms in total. The Morgan fingerprint density at radius 2 is 1.60 bits per heavy atom. The zero-order chi connectivity index (χ0) is 18.0. The summed E-state index contributed by atoms with van der Waals surface area (Å²) in [7, 11) is 0. The van der Waals surface area contributed by atoms with E-state index in [1.54, 1.807) is 0 Å². The maximum Gasteiger partial charge on any atom is 0.228 e. The Morgan fingerprint density at radius 1 is 0.920 bits per heavy atom. The third kappa shape index (κ3) is 3.90. The maximum atomic E-state index is 12.4. The highest BCUT2D eigenvalue weighted by Gasteiger charge is 2.48. The molecule has 4 heteroatoms. The summed E-state index contributed by atoms with van der Waals surface area (Å²) < 4.78 is 0. The Bertz CT molecular complexity index is 813. The average Bonchev–Trinajstić information content (AvgIpc) is 3.39. The summed E-state index contributed by atoms with van der Waals surface area (Å²) in [4.78, 5) is 24.7.